The van der Waals surface area contributed by atoms with Crippen molar-refractivity contribution < 1.29 is 4.39 Å². The van der Waals surface area contributed by atoms with Gasteiger partial charge in [-0.3, -0.25) is 0 Å². The predicted octanol–water partition coefficient (Wildman–Crippen LogP) is 2.05. The van der Waals surface area contributed by atoms with Gasteiger partial charge in [0, 0.05) is 12.6 Å². The van der Waals surface area contributed by atoms with Gasteiger partial charge in [0.1, 0.15) is 5.82 Å². The van der Waals surface area contributed by atoms with Crippen LogP contribution in [0.15, 0.2) is 18.2 Å². The fourth-order valence-corrected chi connectivity index (χ4v) is 1.58. The Morgan fingerprint density at radius 1 is 1.43 bits per heavy atom. The number of hydrogen-bond donors (Lipinski definition) is 2. The first-order valence-electron chi connectivity index (χ1n) is 5.03. The van der Waals surface area contributed by atoms with Crippen LogP contribution in [0, 0.1) is 5.82 Å². The molecule has 0 bridgehead atoms. The molecule has 1 saturated carbocycles. The molecule has 0 aromatic heterocycles. The molecule has 0 amide bonds. The van der Waals surface area contributed by atoms with Crippen molar-refractivity contribution in [3.8, 4) is 0 Å². The van der Waals surface area contributed by atoms with E-state index in [2.05, 4.69) is 5.32 Å². The Labute approximate surface area is 83.3 Å². The van der Waals surface area contributed by atoms with Gasteiger partial charge in [0.25, 0.3) is 0 Å². The highest BCUT2D eigenvalue weighted by Gasteiger charge is 2.15. The first-order chi connectivity index (χ1) is 6.75. The number of halogens is 1. The van der Waals surface area contributed by atoms with E-state index in [9.17, 15) is 4.39 Å². The molecule has 1 aromatic rings. The molecular formula is C11H15FN2. The van der Waals surface area contributed by atoms with Gasteiger partial charge >= 0.3 is 0 Å². The Kier molecular flexibility index (Phi) is 2.68. The van der Waals surface area contributed by atoms with E-state index >= 15 is 0 Å². The third-order valence-electron chi connectivity index (χ3n) is 2.76. The van der Waals surface area contributed by atoms with Gasteiger partial charge in [-0.1, -0.05) is 12.5 Å². The third-order valence-corrected chi connectivity index (χ3v) is 2.76. The Hall–Kier alpha value is -1.09. The van der Waals surface area contributed by atoms with Gasteiger partial charge in [0.15, 0.2) is 0 Å². The number of rotatable bonds is 3. The number of anilines is 1. The molecule has 0 unspecified atom stereocenters. The molecule has 1 aliphatic carbocycles. The largest absolute Gasteiger partial charge is 0.396 e. The maximum Gasteiger partial charge on any atom is 0.146 e. The summed E-state index contributed by atoms with van der Waals surface area (Å²) in [5.74, 6) is -0.336. The van der Waals surface area contributed by atoms with Crippen LogP contribution in [0.2, 0.25) is 0 Å². The molecule has 14 heavy (non-hydrogen) atoms. The topological polar surface area (TPSA) is 38.0 Å². The molecule has 1 aliphatic rings. The van der Waals surface area contributed by atoms with Gasteiger partial charge in [0.05, 0.1) is 5.69 Å². The standard InChI is InChI=1S/C11H15FN2/c12-10-5-4-8(6-11(10)13)7-14-9-2-1-3-9/h4-6,9,14H,1-3,7,13H2. The van der Waals surface area contributed by atoms with Crippen molar-refractivity contribution in [2.45, 2.75) is 31.8 Å². The normalized spacial score (nSPS) is 16.6. The molecule has 0 atom stereocenters. The monoisotopic (exact) mass is 194 g/mol. The minimum Gasteiger partial charge on any atom is -0.396 e. The second-order valence-electron chi connectivity index (χ2n) is 3.86. The molecule has 0 heterocycles. The summed E-state index contributed by atoms with van der Waals surface area (Å²) in [4.78, 5) is 0. The lowest BCUT2D eigenvalue weighted by molar-refractivity contribution is 0.338. The number of nitrogens with one attached hydrogen (secondary N) is 1. The van der Waals surface area contributed by atoms with Crippen molar-refractivity contribution in [2.75, 3.05) is 5.73 Å². The van der Waals surface area contributed by atoms with Crippen LogP contribution in [0.25, 0.3) is 0 Å². The van der Waals surface area contributed by atoms with Crippen LogP contribution in [0.1, 0.15) is 24.8 Å². The second kappa shape index (κ2) is 3.96. The number of nitrogens with two attached hydrogens (primary N) is 1. The van der Waals surface area contributed by atoms with Crippen LogP contribution in [0.5, 0.6) is 0 Å². The van der Waals surface area contributed by atoms with Crippen molar-refractivity contribution in [1.29, 1.82) is 0 Å². The maximum absolute atomic E-state index is 12.8. The summed E-state index contributed by atoms with van der Waals surface area (Å²) in [5.41, 5.74) is 6.76. The fourth-order valence-electron chi connectivity index (χ4n) is 1.58. The van der Waals surface area contributed by atoms with Gasteiger partial charge < -0.3 is 11.1 Å². The minimum atomic E-state index is -0.336. The van der Waals surface area contributed by atoms with E-state index in [0.717, 1.165) is 12.1 Å². The summed E-state index contributed by atoms with van der Waals surface area (Å²) >= 11 is 0. The Morgan fingerprint density at radius 3 is 2.79 bits per heavy atom. The number of nitrogen functional groups attached to an aromatic ring is 1. The Morgan fingerprint density at radius 2 is 2.21 bits per heavy atom. The molecule has 0 spiro atoms. The van der Waals surface area contributed by atoms with E-state index in [1.807, 2.05) is 0 Å². The van der Waals surface area contributed by atoms with Crippen LogP contribution in [-0.2, 0) is 6.54 Å². The lowest BCUT2D eigenvalue weighted by Gasteiger charge is -2.26. The average molecular weight is 194 g/mol. The summed E-state index contributed by atoms with van der Waals surface area (Å²) < 4.78 is 12.8. The molecular weight excluding hydrogens is 179 g/mol. The molecule has 2 rings (SSSR count). The zero-order valence-electron chi connectivity index (χ0n) is 8.09. The van der Waals surface area contributed by atoms with Gasteiger partial charge in [-0.15, -0.1) is 0 Å². The van der Waals surface area contributed by atoms with E-state index in [4.69, 9.17) is 5.73 Å². The van der Waals surface area contributed by atoms with E-state index in [-0.39, 0.29) is 11.5 Å². The van der Waals surface area contributed by atoms with E-state index < -0.39 is 0 Å². The van der Waals surface area contributed by atoms with Gasteiger partial charge in [-0.05, 0) is 30.5 Å². The van der Waals surface area contributed by atoms with Crippen molar-refractivity contribution in [1.82, 2.24) is 5.32 Å². The summed E-state index contributed by atoms with van der Waals surface area (Å²) in [6, 6.07) is 5.55. The van der Waals surface area contributed by atoms with E-state index in [1.165, 1.54) is 25.3 Å². The fraction of sp³-hybridized carbons (Fsp3) is 0.455. The first-order valence-corrected chi connectivity index (χ1v) is 5.03. The van der Waals surface area contributed by atoms with Crippen molar-refractivity contribution in [3.05, 3.63) is 29.6 Å². The SMILES string of the molecule is Nc1cc(CNC2CCC2)ccc1F. The average Bonchev–Trinajstić information content (AvgIpc) is 2.08. The summed E-state index contributed by atoms with van der Waals surface area (Å²) in [6.07, 6.45) is 3.84. The molecule has 1 aromatic carbocycles. The number of hydrogen-bond acceptors (Lipinski definition) is 2. The molecule has 0 aliphatic heterocycles. The van der Waals surface area contributed by atoms with Crippen LogP contribution in [0.4, 0.5) is 10.1 Å². The molecule has 0 saturated heterocycles. The third kappa shape index (κ3) is 2.04. The molecule has 2 nitrogen and oxygen atoms in total. The highest BCUT2D eigenvalue weighted by Crippen LogP contribution is 2.19. The maximum atomic E-state index is 12.8. The van der Waals surface area contributed by atoms with Crippen LogP contribution in [-0.4, -0.2) is 6.04 Å². The van der Waals surface area contributed by atoms with Gasteiger partial charge in [-0.25, -0.2) is 4.39 Å². The van der Waals surface area contributed by atoms with E-state index in [0.29, 0.717) is 6.04 Å². The lowest BCUT2D eigenvalue weighted by Crippen LogP contribution is -2.34. The summed E-state index contributed by atoms with van der Waals surface area (Å²) in [7, 11) is 0. The van der Waals surface area contributed by atoms with Crippen molar-refractivity contribution in [3.63, 3.8) is 0 Å². The molecule has 3 N–H and O–H groups in total. The molecule has 76 valence electrons. The van der Waals surface area contributed by atoms with Crippen molar-refractivity contribution in [2.24, 2.45) is 0 Å². The second-order valence-corrected chi connectivity index (χ2v) is 3.86. The minimum absolute atomic E-state index is 0.234. The zero-order valence-corrected chi connectivity index (χ0v) is 8.09. The predicted molar refractivity (Wildman–Crippen MR) is 55.3 cm³/mol. The number of benzene rings is 1. The van der Waals surface area contributed by atoms with E-state index in [1.54, 1.807) is 12.1 Å². The van der Waals surface area contributed by atoms with Crippen molar-refractivity contribution >= 4 is 5.69 Å². The van der Waals surface area contributed by atoms with Gasteiger partial charge in [-0.2, -0.15) is 0 Å². The molecule has 1 fully saturated rings. The van der Waals surface area contributed by atoms with Crippen LogP contribution >= 0.6 is 0 Å². The molecule has 3 heteroatoms. The Balaban J connectivity index is 1.91. The van der Waals surface area contributed by atoms with Crippen LogP contribution in [0.3, 0.4) is 0 Å². The highest BCUT2D eigenvalue weighted by molar-refractivity contribution is 5.42. The quantitative estimate of drug-likeness (QED) is 0.723. The van der Waals surface area contributed by atoms with Gasteiger partial charge in [0.2, 0.25) is 0 Å². The zero-order chi connectivity index (χ0) is 9.97. The molecule has 0 radical (unpaired) electrons. The summed E-state index contributed by atoms with van der Waals surface area (Å²) in [6.45, 7) is 0.787. The first kappa shape index (κ1) is 9.46. The Bertz CT molecular complexity index is 321. The summed E-state index contributed by atoms with van der Waals surface area (Å²) in [5, 5.41) is 3.40. The highest BCUT2D eigenvalue weighted by atomic mass is 19.1. The van der Waals surface area contributed by atoms with Crippen LogP contribution < -0.4 is 11.1 Å². The lowest BCUT2D eigenvalue weighted by atomic mass is 9.93. The smallest absolute Gasteiger partial charge is 0.146 e.